The highest BCUT2D eigenvalue weighted by Gasteiger charge is 2.20. The molecule has 2 heterocycles. The highest BCUT2D eigenvalue weighted by molar-refractivity contribution is 6.07. The highest BCUT2D eigenvalue weighted by atomic mass is 35.5. The summed E-state index contributed by atoms with van der Waals surface area (Å²) in [5.74, 6) is -0.372. The zero-order valence-corrected chi connectivity index (χ0v) is 11.8. The van der Waals surface area contributed by atoms with Crippen molar-refractivity contribution in [1.29, 1.82) is 0 Å². The largest absolute Gasteiger partial charge is 0.366 e. The van der Waals surface area contributed by atoms with E-state index in [1.165, 1.54) is 0 Å². The van der Waals surface area contributed by atoms with Gasteiger partial charge >= 0.3 is 0 Å². The Morgan fingerprint density at radius 1 is 1.26 bits per heavy atom. The van der Waals surface area contributed by atoms with Crippen LogP contribution in [0.2, 0.25) is 0 Å². The van der Waals surface area contributed by atoms with Crippen LogP contribution in [-0.4, -0.2) is 17.4 Å². The molecule has 1 amide bonds. The van der Waals surface area contributed by atoms with Crippen LogP contribution in [0.15, 0.2) is 24.3 Å². The Morgan fingerprint density at radius 3 is 2.74 bits per heavy atom. The fourth-order valence-electron chi connectivity index (χ4n) is 2.40. The molecule has 0 spiro atoms. The number of nitrogens with one attached hydrogen (secondary N) is 1. The van der Waals surface area contributed by atoms with Crippen LogP contribution < -0.4 is 11.1 Å². The Morgan fingerprint density at radius 2 is 2.00 bits per heavy atom. The van der Waals surface area contributed by atoms with Gasteiger partial charge in [-0.2, -0.15) is 0 Å². The van der Waals surface area contributed by atoms with Gasteiger partial charge in [-0.15, -0.1) is 24.8 Å². The van der Waals surface area contributed by atoms with Gasteiger partial charge in [0.05, 0.1) is 11.1 Å². The van der Waals surface area contributed by atoms with Crippen molar-refractivity contribution in [2.24, 2.45) is 5.73 Å². The van der Waals surface area contributed by atoms with Crippen molar-refractivity contribution < 1.29 is 4.79 Å². The maximum absolute atomic E-state index is 11.7. The molecule has 1 aliphatic heterocycles. The van der Waals surface area contributed by atoms with E-state index in [0.29, 0.717) is 12.1 Å². The summed E-state index contributed by atoms with van der Waals surface area (Å²) in [6.45, 7) is 1.57. The van der Waals surface area contributed by atoms with Crippen molar-refractivity contribution in [3.63, 3.8) is 0 Å². The van der Waals surface area contributed by atoms with E-state index in [2.05, 4.69) is 10.3 Å². The molecule has 0 unspecified atom stereocenters. The molecular weight excluding hydrogens is 285 g/mol. The Kier molecular flexibility index (Phi) is 5.11. The van der Waals surface area contributed by atoms with Gasteiger partial charge in [-0.05, 0) is 6.07 Å². The zero-order valence-electron chi connectivity index (χ0n) is 10.2. The number of carbonyl (C=O) groups is 1. The summed E-state index contributed by atoms with van der Waals surface area (Å²) in [6.07, 6.45) is 0.848. The van der Waals surface area contributed by atoms with Crippen LogP contribution in [0, 0.1) is 0 Å². The summed E-state index contributed by atoms with van der Waals surface area (Å²) >= 11 is 0. The topological polar surface area (TPSA) is 68.0 Å². The molecular formula is C13H15Cl2N3O. The van der Waals surface area contributed by atoms with E-state index in [1.54, 1.807) is 0 Å². The van der Waals surface area contributed by atoms with Crippen LogP contribution in [0.4, 0.5) is 0 Å². The molecule has 0 saturated carbocycles. The maximum atomic E-state index is 11.7. The number of fused-ring (bicyclic) bond motifs is 2. The predicted octanol–water partition coefficient (Wildman–Crippen LogP) is 1.82. The van der Waals surface area contributed by atoms with Gasteiger partial charge < -0.3 is 11.1 Å². The van der Waals surface area contributed by atoms with Crippen LogP contribution in [0.5, 0.6) is 0 Å². The number of hydrogen-bond acceptors (Lipinski definition) is 3. The first-order valence-corrected chi connectivity index (χ1v) is 5.68. The Hall–Kier alpha value is -1.36. The molecule has 1 aliphatic rings. The number of rotatable bonds is 1. The first kappa shape index (κ1) is 15.7. The van der Waals surface area contributed by atoms with Gasteiger partial charge in [-0.3, -0.25) is 9.78 Å². The second-order valence-electron chi connectivity index (χ2n) is 4.22. The third-order valence-corrected chi connectivity index (χ3v) is 3.17. The van der Waals surface area contributed by atoms with Crippen molar-refractivity contribution in [3.8, 4) is 0 Å². The molecule has 2 aromatic rings. The molecule has 1 aromatic heterocycles. The number of benzene rings is 1. The van der Waals surface area contributed by atoms with Crippen molar-refractivity contribution in [3.05, 3.63) is 41.1 Å². The number of halogens is 2. The lowest BCUT2D eigenvalue weighted by Crippen LogP contribution is -2.28. The normalized spacial score (nSPS) is 13.1. The third-order valence-electron chi connectivity index (χ3n) is 3.17. The van der Waals surface area contributed by atoms with Gasteiger partial charge in [-0.25, -0.2) is 0 Å². The molecule has 6 heteroatoms. The highest BCUT2D eigenvalue weighted by Crippen LogP contribution is 2.25. The predicted molar refractivity (Wildman–Crippen MR) is 80.2 cm³/mol. The summed E-state index contributed by atoms with van der Waals surface area (Å²) in [5, 5.41) is 4.10. The average molecular weight is 300 g/mol. The lowest BCUT2D eigenvalue weighted by Gasteiger charge is -2.20. The van der Waals surface area contributed by atoms with Crippen LogP contribution >= 0.6 is 24.8 Å². The van der Waals surface area contributed by atoms with Gasteiger partial charge in [0.15, 0.2) is 0 Å². The van der Waals surface area contributed by atoms with E-state index in [0.717, 1.165) is 35.1 Å². The second-order valence-corrected chi connectivity index (χ2v) is 4.22. The number of carbonyl (C=O) groups excluding carboxylic acids is 1. The van der Waals surface area contributed by atoms with E-state index in [9.17, 15) is 4.79 Å². The molecule has 0 aliphatic carbocycles. The van der Waals surface area contributed by atoms with E-state index in [-0.39, 0.29) is 30.7 Å². The van der Waals surface area contributed by atoms with Crippen LogP contribution in [0.3, 0.4) is 0 Å². The van der Waals surface area contributed by atoms with E-state index in [4.69, 9.17) is 5.73 Å². The molecule has 1 aromatic carbocycles. The van der Waals surface area contributed by atoms with Crippen LogP contribution in [0.25, 0.3) is 10.9 Å². The lowest BCUT2D eigenvalue weighted by atomic mass is 9.96. The Bertz CT molecular complexity index is 616. The van der Waals surface area contributed by atoms with E-state index >= 15 is 0 Å². The molecule has 3 rings (SSSR count). The number of amides is 1. The minimum Gasteiger partial charge on any atom is -0.366 e. The Labute approximate surface area is 123 Å². The summed E-state index contributed by atoms with van der Waals surface area (Å²) in [6, 6.07) is 7.65. The van der Waals surface area contributed by atoms with Gasteiger partial charge in [-0.1, -0.05) is 18.2 Å². The lowest BCUT2D eigenvalue weighted by molar-refractivity contribution is 0.100. The van der Waals surface area contributed by atoms with Crippen molar-refractivity contribution in [2.45, 2.75) is 13.0 Å². The standard InChI is InChI=1S/C13H13N3O.2ClH/c14-13(17)12-8-3-1-2-4-10(8)16-11-5-6-15-7-9(11)12;;/h1-4,15H,5-7H2,(H2,14,17);2*1H. The minimum atomic E-state index is -0.372. The smallest absolute Gasteiger partial charge is 0.249 e. The zero-order chi connectivity index (χ0) is 11.8. The summed E-state index contributed by atoms with van der Waals surface area (Å²) in [7, 11) is 0. The minimum absolute atomic E-state index is 0. The fourth-order valence-corrected chi connectivity index (χ4v) is 2.40. The number of hydrogen-bond donors (Lipinski definition) is 2. The summed E-state index contributed by atoms with van der Waals surface area (Å²) in [5.41, 5.74) is 8.94. The second kappa shape index (κ2) is 6.19. The summed E-state index contributed by atoms with van der Waals surface area (Å²) in [4.78, 5) is 16.3. The van der Waals surface area contributed by atoms with Gasteiger partial charge in [0, 0.05) is 36.2 Å². The quantitative estimate of drug-likeness (QED) is 0.844. The van der Waals surface area contributed by atoms with Crippen molar-refractivity contribution in [2.75, 3.05) is 6.54 Å². The number of nitrogens with zero attached hydrogens (tertiary/aromatic N) is 1. The molecule has 0 fully saturated rings. The maximum Gasteiger partial charge on any atom is 0.249 e. The van der Waals surface area contributed by atoms with Crippen molar-refractivity contribution in [1.82, 2.24) is 10.3 Å². The van der Waals surface area contributed by atoms with Crippen LogP contribution in [-0.2, 0) is 13.0 Å². The number of primary amides is 1. The molecule has 19 heavy (non-hydrogen) atoms. The van der Waals surface area contributed by atoms with E-state index in [1.807, 2.05) is 24.3 Å². The third kappa shape index (κ3) is 2.66. The SMILES string of the molecule is Cl.Cl.NC(=O)c1c2c(nc3ccccc13)CCNC2. The summed E-state index contributed by atoms with van der Waals surface area (Å²) < 4.78 is 0. The van der Waals surface area contributed by atoms with Crippen LogP contribution in [0.1, 0.15) is 21.6 Å². The number of nitrogens with two attached hydrogens (primary N) is 1. The van der Waals surface area contributed by atoms with Crippen molar-refractivity contribution >= 4 is 41.6 Å². The van der Waals surface area contributed by atoms with Gasteiger partial charge in [0.1, 0.15) is 0 Å². The molecule has 0 atom stereocenters. The van der Waals surface area contributed by atoms with E-state index < -0.39 is 0 Å². The average Bonchev–Trinajstić information content (AvgIpc) is 2.35. The first-order chi connectivity index (χ1) is 8.27. The number of pyridine rings is 1. The van der Waals surface area contributed by atoms with Gasteiger partial charge in [0.2, 0.25) is 5.91 Å². The molecule has 3 N–H and O–H groups in total. The fraction of sp³-hybridized carbons (Fsp3) is 0.231. The number of para-hydroxylation sites is 1. The molecule has 4 nitrogen and oxygen atoms in total. The Balaban J connectivity index is 0.000000902. The monoisotopic (exact) mass is 299 g/mol. The molecule has 0 saturated heterocycles. The number of aromatic nitrogens is 1. The van der Waals surface area contributed by atoms with Gasteiger partial charge in [0.25, 0.3) is 0 Å². The molecule has 102 valence electrons. The molecule has 0 radical (unpaired) electrons. The molecule has 0 bridgehead atoms. The first-order valence-electron chi connectivity index (χ1n) is 5.68.